The fraction of sp³-hybridized carbons (Fsp3) is 0.333. The summed E-state index contributed by atoms with van der Waals surface area (Å²) in [4.78, 5) is 39.5. The lowest BCUT2D eigenvalue weighted by Crippen LogP contribution is -2.40. The number of rotatable bonds is 4. The molecule has 0 aliphatic rings. The number of aromatic nitrogens is 3. The second-order valence-electron chi connectivity index (χ2n) is 5.37. The monoisotopic (exact) mass is 318 g/mol. The highest BCUT2D eigenvalue weighted by molar-refractivity contribution is 5.73. The van der Waals surface area contributed by atoms with E-state index in [4.69, 9.17) is 10.8 Å². The molecule has 23 heavy (non-hydrogen) atoms. The van der Waals surface area contributed by atoms with Crippen molar-refractivity contribution in [3.05, 3.63) is 56.0 Å². The molecule has 2 aromatic heterocycles. The van der Waals surface area contributed by atoms with E-state index in [1.807, 2.05) is 0 Å². The van der Waals surface area contributed by atoms with Crippen molar-refractivity contribution in [1.82, 2.24) is 14.1 Å². The summed E-state index contributed by atoms with van der Waals surface area (Å²) in [5.74, 6) is -0.917. The molecule has 0 fully saturated rings. The van der Waals surface area contributed by atoms with Crippen molar-refractivity contribution in [2.24, 2.45) is 12.8 Å². The third-order valence-corrected chi connectivity index (χ3v) is 3.86. The molecule has 2 rings (SSSR count). The first-order valence-electron chi connectivity index (χ1n) is 6.97. The van der Waals surface area contributed by atoms with Crippen LogP contribution in [0, 0.1) is 13.8 Å². The molecule has 0 aromatic carbocycles. The standard InChI is InChI=1S/C15H18N4O4/c1-8-9(2)18(3)15(23)19(13(8)20)12-5-4-10(7-17-12)6-11(16)14(21)22/h4-5,7,11H,6,16H2,1-3H3,(H,21,22). The summed E-state index contributed by atoms with van der Waals surface area (Å²) < 4.78 is 2.37. The normalized spacial score (nSPS) is 12.2. The van der Waals surface area contributed by atoms with Crippen LogP contribution in [0.5, 0.6) is 0 Å². The molecule has 0 spiro atoms. The molecule has 2 aromatic rings. The Morgan fingerprint density at radius 2 is 2.00 bits per heavy atom. The van der Waals surface area contributed by atoms with Crippen LogP contribution in [0.25, 0.3) is 5.82 Å². The number of carboxylic acid groups (broad SMARTS) is 1. The molecule has 0 aliphatic carbocycles. The van der Waals surface area contributed by atoms with E-state index in [2.05, 4.69) is 4.98 Å². The largest absolute Gasteiger partial charge is 0.480 e. The molecule has 0 bridgehead atoms. The van der Waals surface area contributed by atoms with Gasteiger partial charge < -0.3 is 15.4 Å². The van der Waals surface area contributed by atoms with E-state index in [-0.39, 0.29) is 12.2 Å². The molecule has 122 valence electrons. The highest BCUT2D eigenvalue weighted by Crippen LogP contribution is 2.06. The minimum atomic E-state index is -1.10. The van der Waals surface area contributed by atoms with Crippen LogP contribution in [0.15, 0.2) is 27.9 Å². The minimum Gasteiger partial charge on any atom is -0.480 e. The Bertz CT molecular complexity index is 828. The fourth-order valence-corrected chi connectivity index (χ4v) is 2.17. The Balaban J connectivity index is 2.47. The predicted octanol–water partition coefficient (Wildman–Crippen LogP) is -0.498. The Hall–Kier alpha value is -2.74. The summed E-state index contributed by atoms with van der Waals surface area (Å²) in [6, 6.07) is 2.08. The van der Waals surface area contributed by atoms with Crippen molar-refractivity contribution in [1.29, 1.82) is 0 Å². The Labute approximate surface area is 131 Å². The molecular formula is C15H18N4O4. The van der Waals surface area contributed by atoms with E-state index in [0.29, 0.717) is 16.8 Å². The van der Waals surface area contributed by atoms with Crippen molar-refractivity contribution in [3.8, 4) is 5.82 Å². The lowest BCUT2D eigenvalue weighted by molar-refractivity contribution is -0.138. The van der Waals surface area contributed by atoms with Crippen LogP contribution in [-0.4, -0.2) is 31.2 Å². The van der Waals surface area contributed by atoms with Gasteiger partial charge in [0, 0.05) is 24.5 Å². The first kappa shape index (κ1) is 16.6. The summed E-state index contributed by atoms with van der Waals surface area (Å²) in [5.41, 5.74) is 6.23. The van der Waals surface area contributed by atoms with Crippen LogP contribution in [0.3, 0.4) is 0 Å². The van der Waals surface area contributed by atoms with E-state index < -0.39 is 23.3 Å². The number of nitrogens with two attached hydrogens (primary N) is 1. The molecule has 0 amide bonds. The van der Waals surface area contributed by atoms with Gasteiger partial charge >= 0.3 is 11.7 Å². The number of pyridine rings is 1. The van der Waals surface area contributed by atoms with Crippen LogP contribution in [0.4, 0.5) is 0 Å². The van der Waals surface area contributed by atoms with Gasteiger partial charge in [-0.2, -0.15) is 0 Å². The van der Waals surface area contributed by atoms with Gasteiger partial charge in [0.05, 0.1) is 0 Å². The average molecular weight is 318 g/mol. The minimum absolute atomic E-state index is 0.114. The molecular weight excluding hydrogens is 300 g/mol. The second kappa shape index (κ2) is 6.17. The van der Waals surface area contributed by atoms with Gasteiger partial charge in [0.25, 0.3) is 5.56 Å². The molecule has 0 saturated heterocycles. The van der Waals surface area contributed by atoms with E-state index in [1.54, 1.807) is 27.0 Å². The van der Waals surface area contributed by atoms with Crippen molar-refractivity contribution in [2.45, 2.75) is 26.3 Å². The summed E-state index contributed by atoms with van der Waals surface area (Å²) >= 11 is 0. The number of hydrogen-bond acceptors (Lipinski definition) is 5. The Morgan fingerprint density at radius 1 is 1.35 bits per heavy atom. The van der Waals surface area contributed by atoms with Gasteiger partial charge in [-0.05, 0) is 31.9 Å². The number of carbonyl (C=O) groups is 1. The van der Waals surface area contributed by atoms with E-state index in [1.165, 1.54) is 16.8 Å². The first-order valence-corrected chi connectivity index (χ1v) is 6.97. The number of aliphatic carboxylic acids is 1. The van der Waals surface area contributed by atoms with Crippen molar-refractivity contribution in [2.75, 3.05) is 0 Å². The summed E-state index contributed by atoms with van der Waals surface area (Å²) in [7, 11) is 1.58. The molecule has 3 N–H and O–H groups in total. The van der Waals surface area contributed by atoms with Crippen molar-refractivity contribution < 1.29 is 9.90 Å². The highest BCUT2D eigenvalue weighted by atomic mass is 16.4. The summed E-state index contributed by atoms with van der Waals surface area (Å²) in [6.45, 7) is 3.35. The molecule has 0 radical (unpaired) electrons. The quantitative estimate of drug-likeness (QED) is 0.784. The predicted molar refractivity (Wildman–Crippen MR) is 83.9 cm³/mol. The van der Waals surface area contributed by atoms with Gasteiger partial charge in [0.15, 0.2) is 0 Å². The number of hydrogen-bond donors (Lipinski definition) is 2. The molecule has 1 atom stereocenters. The maximum absolute atomic E-state index is 12.3. The van der Waals surface area contributed by atoms with Crippen LogP contribution >= 0.6 is 0 Å². The highest BCUT2D eigenvalue weighted by Gasteiger charge is 2.15. The van der Waals surface area contributed by atoms with E-state index >= 15 is 0 Å². The summed E-state index contributed by atoms with van der Waals surface area (Å²) in [6.07, 6.45) is 1.53. The average Bonchev–Trinajstić information content (AvgIpc) is 2.52. The molecule has 1 unspecified atom stereocenters. The Kier molecular flexibility index (Phi) is 4.46. The molecule has 8 nitrogen and oxygen atoms in total. The van der Waals surface area contributed by atoms with Gasteiger partial charge in [0.2, 0.25) is 0 Å². The lowest BCUT2D eigenvalue weighted by atomic mass is 10.1. The maximum atomic E-state index is 12.3. The van der Waals surface area contributed by atoms with Crippen LogP contribution in [0.2, 0.25) is 0 Å². The zero-order valence-corrected chi connectivity index (χ0v) is 13.1. The topological polar surface area (TPSA) is 120 Å². The third-order valence-electron chi connectivity index (χ3n) is 3.86. The van der Waals surface area contributed by atoms with Gasteiger partial charge in [-0.1, -0.05) is 6.07 Å². The molecule has 0 aliphatic heterocycles. The van der Waals surface area contributed by atoms with Gasteiger partial charge in [-0.3, -0.25) is 9.59 Å². The number of carboxylic acids is 1. The lowest BCUT2D eigenvalue weighted by Gasteiger charge is -2.12. The molecule has 0 saturated carbocycles. The number of nitrogens with zero attached hydrogens (tertiary/aromatic N) is 3. The van der Waals surface area contributed by atoms with Crippen LogP contribution < -0.4 is 17.0 Å². The van der Waals surface area contributed by atoms with Gasteiger partial charge in [-0.15, -0.1) is 0 Å². The smallest absolute Gasteiger partial charge is 0.336 e. The fourth-order valence-electron chi connectivity index (χ4n) is 2.17. The van der Waals surface area contributed by atoms with E-state index in [9.17, 15) is 14.4 Å². The van der Waals surface area contributed by atoms with Gasteiger partial charge in [-0.25, -0.2) is 14.3 Å². The van der Waals surface area contributed by atoms with Crippen molar-refractivity contribution >= 4 is 5.97 Å². The first-order chi connectivity index (χ1) is 10.7. The van der Waals surface area contributed by atoms with E-state index in [0.717, 1.165) is 4.57 Å². The van der Waals surface area contributed by atoms with Crippen LogP contribution in [0.1, 0.15) is 16.8 Å². The molecule has 2 heterocycles. The maximum Gasteiger partial charge on any atom is 0.336 e. The third kappa shape index (κ3) is 3.07. The summed E-state index contributed by atoms with van der Waals surface area (Å²) in [5, 5.41) is 8.80. The molecule has 8 heteroatoms. The zero-order chi connectivity index (χ0) is 17.3. The van der Waals surface area contributed by atoms with Crippen LogP contribution in [-0.2, 0) is 18.3 Å². The van der Waals surface area contributed by atoms with Gasteiger partial charge in [0.1, 0.15) is 11.9 Å². The zero-order valence-electron chi connectivity index (χ0n) is 13.1. The second-order valence-corrected chi connectivity index (χ2v) is 5.37. The van der Waals surface area contributed by atoms with Crippen molar-refractivity contribution in [3.63, 3.8) is 0 Å². The Morgan fingerprint density at radius 3 is 2.52 bits per heavy atom. The SMILES string of the molecule is Cc1c(C)n(C)c(=O)n(-c2ccc(CC(N)C(=O)O)cn2)c1=O.